The van der Waals surface area contributed by atoms with Crippen molar-refractivity contribution in [2.45, 2.75) is 26.4 Å². The highest BCUT2D eigenvalue weighted by Crippen LogP contribution is 2.20. The Morgan fingerprint density at radius 2 is 2.31 bits per heavy atom. The molecule has 1 aliphatic heterocycles. The molecular formula is C8H11NO4. The second kappa shape index (κ2) is 3.47. The third-order valence-corrected chi connectivity index (χ3v) is 1.69. The molecule has 0 bridgehead atoms. The summed E-state index contributed by atoms with van der Waals surface area (Å²) in [4.78, 5) is 21.7. The summed E-state index contributed by atoms with van der Waals surface area (Å²) in [6.45, 7) is 3.03. The molecule has 0 aromatic heterocycles. The molecule has 0 aliphatic carbocycles. The Kier molecular flexibility index (Phi) is 2.55. The zero-order chi connectivity index (χ0) is 10.0. The number of carbonyl (C=O) groups is 2. The first-order chi connectivity index (χ1) is 6.06. The van der Waals surface area contributed by atoms with Crippen molar-refractivity contribution in [1.29, 1.82) is 0 Å². The van der Waals surface area contributed by atoms with E-state index in [0.29, 0.717) is 6.42 Å². The van der Waals surface area contributed by atoms with Crippen molar-refractivity contribution >= 4 is 11.9 Å². The minimum Gasteiger partial charge on any atom is -0.506 e. The van der Waals surface area contributed by atoms with Gasteiger partial charge in [-0.2, -0.15) is 0 Å². The summed E-state index contributed by atoms with van der Waals surface area (Å²) in [5.74, 6) is -1.28. The molecule has 0 fully saturated rings. The van der Waals surface area contributed by atoms with Crippen LogP contribution in [0.5, 0.6) is 0 Å². The summed E-state index contributed by atoms with van der Waals surface area (Å²) in [5.41, 5.74) is -0.139. The first-order valence-electron chi connectivity index (χ1n) is 3.98. The fourth-order valence-electron chi connectivity index (χ4n) is 1.08. The van der Waals surface area contributed by atoms with E-state index in [0.717, 1.165) is 0 Å². The number of cyclic esters (lactones) is 1. The molecule has 0 spiro atoms. The summed E-state index contributed by atoms with van der Waals surface area (Å²) in [6, 6.07) is 0. The smallest absolute Gasteiger partial charge is 0.359 e. The predicted octanol–water partition coefficient (Wildman–Crippen LogP) is 0.227. The van der Waals surface area contributed by atoms with Crippen molar-refractivity contribution in [3.05, 3.63) is 11.5 Å². The quantitative estimate of drug-likeness (QED) is 0.604. The summed E-state index contributed by atoms with van der Waals surface area (Å²) >= 11 is 0. The highest BCUT2D eigenvalue weighted by Gasteiger charge is 2.33. The Labute approximate surface area is 75.4 Å². The maximum atomic E-state index is 11.0. The molecule has 0 saturated carbocycles. The number of ether oxygens (including phenoxy) is 1. The molecule has 1 amide bonds. The summed E-state index contributed by atoms with van der Waals surface area (Å²) < 4.78 is 4.76. The number of amides is 1. The van der Waals surface area contributed by atoms with Gasteiger partial charge in [-0.15, -0.1) is 0 Å². The zero-order valence-corrected chi connectivity index (χ0v) is 7.46. The molecule has 5 nitrogen and oxygen atoms in total. The van der Waals surface area contributed by atoms with E-state index in [1.54, 1.807) is 6.92 Å². The zero-order valence-electron chi connectivity index (χ0n) is 7.46. The van der Waals surface area contributed by atoms with Gasteiger partial charge in [-0.1, -0.05) is 6.92 Å². The van der Waals surface area contributed by atoms with Crippen LogP contribution in [0.15, 0.2) is 11.5 Å². The number of hydrogen-bond donors (Lipinski definition) is 2. The molecule has 13 heavy (non-hydrogen) atoms. The monoisotopic (exact) mass is 185 g/mol. The highest BCUT2D eigenvalue weighted by atomic mass is 16.6. The Morgan fingerprint density at radius 3 is 2.69 bits per heavy atom. The average Bonchev–Trinajstić information content (AvgIpc) is 2.31. The molecule has 0 aromatic rings. The Hall–Kier alpha value is -1.52. The number of nitrogens with one attached hydrogen (secondary N) is 1. The molecule has 0 radical (unpaired) electrons. The molecule has 1 aliphatic rings. The number of carbonyl (C=O) groups excluding carboxylic acids is 2. The molecule has 72 valence electrons. The van der Waals surface area contributed by atoms with Crippen LogP contribution < -0.4 is 5.32 Å². The molecule has 1 unspecified atom stereocenters. The Morgan fingerprint density at radius 1 is 1.69 bits per heavy atom. The van der Waals surface area contributed by atoms with Crippen LogP contribution in [-0.4, -0.2) is 23.1 Å². The fraction of sp³-hybridized carbons (Fsp3) is 0.500. The third kappa shape index (κ3) is 1.80. The van der Waals surface area contributed by atoms with Crippen molar-refractivity contribution in [3.8, 4) is 0 Å². The lowest BCUT2D eigenvalue weighted by Gasteiger charge is -2.04. The molecule has 0 saturated heterocycles. The first kappa shape index (κ1) is 9.57. The van der Waals surface area contributed by atoms with E-state index in [1.165, 1.54) is 6.92 Å². The maximum Gasteiger partial charge on any atom is 0.359 e. The summed E-state index contributed by atoms with van der Waals surface area (Å²) in [5, 5.41) is 11.6. The third-order valence-electron chi connectivity index (χ3n) is 1.69. The fourth-order valence-corrected chi connectivity index (χ4v) is 1.08. The SMILES string of the molecule is CCC1OC(=O)C(NC(C)=O)=C1O. The van der Waals surface area contributed by atoms with Crippen molar-refractivity contribution in [1.82, 2.24) is 5.32 Å². The molecule has 2 N–H and O–H groups in total. The van der Waals surface area contributed by atoms with E-state index in [9.17, 15) is 14.7 Å². The van der Waals surface area contributed by atoms with E-state index >= 15 is 0 Å². The van der Waals surface area contributed by atoms with Crippen LogP contribution in [0.25, 0.3) is 0 Å². The van der Waals surface area contributed by atoms with E-state index in [1.807, 2.05) is 0 Å². The number of rotatable bonds is 2. The van der Waals surface area contributed by atoms with Crippen molar-refractivity contribution in [2.75, 3.05) is 0 Å². The molecule has 1 rings (SSSR count). The van der Waals surface area contributed by atoms with Crippen molar-refractivity contribution in [3.63, 3.8) is 0 Å². The lowest BCUT2D eigenvalue weighted by atomic mass is 10.2. The highest BCUT2D eigenvalue weighted by molar-refractivity contribution is 5.95. The normalized spacial score (nSPS) is 21.7. The summed E-state index contributed by atoms with van der Waals surface area (Å²) in [7, 11) is 0. The van der Waals surface area contributed by atoms with E-state index in [2.05, 4.69) is 5.32 Å². The van der Waals surface area contributed by atoms with Gasteiger partial charge in [0, 0.05) is 6.92 Å². The molecule has 5 heteroatoms. The van der Waals surface area contributed by atoms with Crippen LogP contribution in [-0.2, 0) is 14.3 Å². The second-order valence-electron chi connectivity index (χ2n) is 2.74. The largest absolute Gasteiger partial charge is 0.506 e. The lowest BCUT2D eigenvalue weighted by Crippen LogP contribution is -2.23. The first-order valence-corrected chi connectivity index (χ1v) is 3.98. The van der Waals surface area contributed by atoms with Gasteiger partial charge in [0.2, 0.25) is 5.91 Å². The van der Waals surface area contributed by atoms with E-state index in [-0.39, 0.29) is 11.5 Å². The van der Waals surface area contributed by atoms with E-state index < -0.39 is 18.0 Å². The molecule has 1 atom stereocenters. The number of aliphatic hydroxyl groups is 1. The van der Waals surface area contributed by atoms with Gasteiger partial charge in [0.25, 0.3) is 0 Å². The van der Waals surface area contributed by atoms with Crippen LogP contribution in [0.1, 0.15) is 20.3 Å². The van der Waals surface area contributed by atoms with Crippen molar-refractivity contribution in [2.24, 2.45) is 0 Å². The molecule has 0 aromatic carbocycles. The predicted molar refractivity (Wildman–Crippen MR) is 43.6 cm³/mol. The number of esters is 1. The topological polar surface area (TPSA) is 75.6 Å². The van der Waals surface area contributed by atoms with Gasteiger partial charge in [0.15, 0.2) is 17.6 Å². The van der Waals surface area contributed by atoms with Gasteiger partial charge in [-0.3, -0.25) is 4.79 Å². The van der Waals surface area contributed by atoms with Gasteiger partial charge in [-0.05, 0) is 6.42 Å². The average molecular weight is 185 g/mol. The Bertz CT molecular complexity index is 282. The van der Waals surface area contributed by atoms with Crippen LogP contribution in [0.4, 0.5) is 0 Å². The maximum absolute atomic E-state index is 11.0. The van der Waals surface area contributed by atoms with Gasteiger partial charge >= 0.3 is 5.97 Å². The van der Waals surface area contributed by atoms with Gasteiger partial charge in [0.1, 0.15) is 0 Å². The number of hydrogen-bond acceptors (Lipinski definition) is 4. The van der Waals surface area contributed by atoms with E-state index in [4.69, 9.17) is 4.74 Å². The number of aliphatic hydroxyl groups excluding tert-OH is 1. The van der Waals surface area contributed by atoms with Crippen LogP contribution in [0, 0.1) is 0 Å². The second-order valence-corrected chi connectivity index (χ2v) is 2.74. The minimum atomic E-state index is -0.681. The Balaban J connectivity index is 2.85. The van der Waals surface area contributed by atoms with Gasteiger partial charge in [0.05, 0.1) is 0 Å². The molecule has 1 heterocycles. The minimum absolute atomic E-state index is 0.139. The standard InChI is InChI=1S/C8H11NO4/c1-3-5-7(11)6(8(12)13-5)9-4(2)10/h5,11H,3H2,1-2H3,(H,9,10). The van der Waals surface area contributed by atoms with Crippen LogP contribution >= 0.6 is 0 Å². The summed E-state index contributed by atoms with van der Waals surface area (Å²) in [6.07, 6.45) is -0.130. The van der Waals surface area contributed by atoms with Crippen LogP contribution in [0.2, 0.25) is 0 Å². The van der Waals surface area contributed by atoms with Gasteiger partial charge in [-0.25, -0.2) is 4.79 Å². The molecular weight excluding hydrogens is 174 g/mol. The van der Waals surface area contributed by atoms with Crippen molar-refractivity contribution < 1.29 is 19.4 Å². The van der Waals surface area contributed by atoms with Gasteiger partial charge < -0.3 is 15.2 Å². The van der Waals surface area contributed by atoms with Crippen LogP contribution in [0.3, 0.4) is 0 Å². The lowest BCUT2D eigenvalue weighted by molar-refractivity contribution is -0.141.